The average molecular weight is 182 g/mol. The molecule has 0 bridgehead atoms. The number of fused-ring (bicyclic) bond motifs is 1. The molecule has 3 amide bonds. The number of nitrogens with zero attached hydrogens (tertiary/aromatic N) is 2. The summed E-state index contributed by atoms with van der Waals surface area (Å²) in [6, 6.07) is 0.0749. The van der Waals surface area contributed by atoms with Crippen molar-refractivity contribution in [3.05, 3.63) is 0 Å². The van der Waals surface area contributed by atoms with Crippen molar-refractivity contribution in [2.24, 2.45) is 0 Å². The SMILES string of the molecule is CN1C(=O)C[C@@H]2CCCCN2C1=O. The van der Waals surface area contributed by atoms with Crippen LogP contribution in [0.4, 0.5) is 4.79 Å². The van der Waals surface area contributed by atoms with Crippen molar-refractivity contribution in [1.82, 2.24) is 9.80 Å². The molecule has 0 radical (unpaired) electrons. The maximum Gasteiger partial charge on any atom is 0.326 e. The Morgan fingerprint density at radius 3 is 2.85 bits per heavy atom. The number of urea groups is 1. The minimum atomic E-state index is -0.110. The van der Waals surface area contributed by atoms with Crippen LogP contribution in [0, 0.1) is 0 Å². The number of hydrogen-bond acceptors (Lipinski definition) is 2. The molecule has 13 heavy (non-hydrogen) atoms. The van der Waals surface area contributed by atoms with E-state index in [-0.39, 0.29) is 18.0 Å². The molecule has 0 aromatic heterocycles. The second-order valence-electron chi connectivity index (χ2n) is 3.78. The molecule has 4 heteroatoms. The summed E-state index contributed by atoms with van der Waals surface area (Å²) in [6.45, 7) is 0.821. The van der Waals surface area contributed by atoms with Gasteiger partial charge in [-0.3, -0.25) is 9.69 Å². The molecule has 2 rings (SSSR count). The highest BCUT2D eigenvalue weighted by Gasteiger charge is 2.37. The Morgan fingerprint density at radius 2 is 2.08 bits per heavy atom. The van der Waals surface area contributed by atoms with Gasteiger partial charge in [-0.2, -0.15) is 0 Å². The van der Waals surface area contributed by atoms with Crippen molar-refractivity contribution in [3.63, 3.8) is 0 Å². The van der Waals surface area contributed by atoms with Crippen LogP contribution in [-0.4, -0.2) is 41.4 Å². The van der Waals surface area contributed by atoms with E-state index in [1.807, 2.05) is 4.90 Å². The van der Waals surface area contributed by atoms with Crippen LogP contribution < -0.4 is 0 Å². The number of piperidine rings is 1. The van der Waals surface area contributed by atoms with Crippen molar-refractivity contribution in [3.8, 4) is 0 Å². The monoisotopic (exact) mass is 182 g/mol. The quantitative estimate of drug-likeness (QED) is 0.556. The Balaban J connectivity index is 2.17. The molecule has 2 aliphatic rings. The molecule has 0 spiro atoms. The molecule has 0 aromatic rings. The molecule has 0 unspecified atom stereocenters. The zero-order valence-corrected chi connectivity index (χ0v) is 7.82. The lowest BCUT2D eigenvalue weighted by atomic mass is 9.97. The summed E-state index contributed by atoms with van der Waals surface area (Å²) >= 11 is 0. The molecule has 0 aromatic carbocycles. The van der Waals surface area contributed by atoms with E-state index in [0.29, 0.717) is 6.42 Å². The molecule has 2 aliphatic heterocycles. The first kappa shape index (κ1) is 8.53. The molecule has 2 heterocycles. The molecule has 0 saturated carbocycles. The van der Waals surface area contributed by atoms with Crippen molar-refractivity contribution < 1.29 is 9.59 Å². The van der Waals surface area contributed by atoms with Crippen LogP contribution in [0.5, 0.6) is 0 Å². The fourth-order valence-electron chi connectivity index (χ4n) is 2.10. The van der Waals surface area contributed by atoms with Crippen LogP contribution in [0.15, 0.2) is 0 Å². The normalized spacial score (nSPS) is 29.2. The van der Waals surface area contributed by atoms with E-state index in [0.717, 1.165) is 25.8 Å². The third-order valence-corrected chi connectivity index (χ3v) is 2.94. The topological polar surface area (TPSA) is 40.6 Å². The highest BCUT2D eigenvalue weighted by Crippen LogP contribution is 2.25. The molecule has 2 fully saturated rings. The fraction of sp³-hybridized carbons (Fsp3) is 0.778. The summed E-state index contributed by atoms with van der Waals surface area (Å²) in [5.74, 6) is -0.0341. The third-order valence-electron chi connectivity index (χ3n) is 2.94. The predicted octanol–water partition coefficient (Wildman–Crippen LogP) is 0.823. The first-order valence-corrected chi connectivity index (χ1v) is 4.77. The van der Waals surface area contributed by atoms with Crippen LogP contribution in [0.3, 0.4) is 0 Å². The van der Waals surface area contributed by atoms with E-state index in [4.69, 9.17) is 0 Å². The first-order chi connectivity index (χ1) is 6.20. The van der Waals surface area contributed by atoms with Gasteiger partial charge in [-0.15, -0.1) is 0 Å². The molecule has 4 nitrogen and oxygen atoms in total. The van der Waals surface area contributed by atoms with Gasteiger partial charge in [-0.25, -0.2) is 4.79 Å². The second kappa shape index (κ2) is 3.01. The Morgan fingerprint density at radius 1 is 1.31 bits per heavy atom. The number of hydrogen-bond donors (Lipinski definition) is 0. The summed E-state index contributed by atoms with van der Waals surface area (Å²) < 4.78 is 0. The number of rotatable bonds is 0. The molecule has 0 aliphatic carbocycles. The van der Waals surface area contributed by atoms with Gasteiger partial charge >= 0.3 is 6.03 Å². The second-order valence-corrected chi connectivity index (χ2v) is 3.78. The van der Waals surface area contributed by atoms with Gasteiger partial charge in [0, 0.05) is 26.1 Å². The van der Waals surface area contributed by atoms with Gasteiger partial charge in [-0.1, -0.05) is 0 Å². The number of carbonyl (C=O) groups excluding carboxylic acids is 2. The van der Waals surface area contributed by atoms with Crippen LogP contribution in [0.2, 0.25) is 0 Å². The van der Waals surface area contributed by atoms with E-state index in [9.17, 15) is 9.59 Å². The fourth-order valence-corrected chi connectivity index (χ4v) is 2.10. The van der Waals surface area contributed by atoms with Crippen LogP contribution in [-0.2, 0) is 4.79 Å². The van der Waals surface area contributed by atoms with Crippen LogP contribution >= 0.6 is 0 Å². The van der Waals surface area contributed by atoms with Crippen molar-refractivity contribution in [2.45, 2.75) is 31.7 Å². The Hall–Kier alpha value is -1.06. The summed E-state index contributed by atoms with van der Waals surface area (Å²) in [4.78, 5) is 26.0. The smallest absolute Gasteiger partial charge is 0.321 e. The van der Waals surface area contributed by atoms with Gasteiger partial charge in [0.1, 0.15) is 0 Å². The van der Waals surface area contributed by atoms with E-state index >= 15 is 0 Å². The molecule has 72 valence electrons. The Bertz CT molecular complexity index is 252. The summed E-state index contributed by atoms with van der Waals surface area (Å²) in [5.41, 5.74) is 0. The van der Waals surface area contributed by atoms with E-state index in [1.54, 1.807) is 7.05 Å². The van der Waals surface area contributed by atoms with Gasteiger partial charge in [0.15, 0.2) is 0 Å². The predicted molar refractivity (Wildman–Crippen MR) is 47.1 cm³/mol. The zero-order chi connectivity index (χ0) is 9.42. The minimum absolute atomic E-state index is 0.0341. The highest BCUT2D eigenvalue weighted by atomic mass is 16.2. The third kappa shape index (κ3) is 1.30. The summed E-state index contributed by atoms with van der Waals surface area (Å²) in [5, 5.41) is 0. The van der Waals surface area contributed by atoms with E-state index in [1.165, 1.54) is 4.90 Å². The van der Waals surface area contributed by atoms with Gasteiger partial charge in [0.2, 0.25) is 5.91 Å². The van der Waals surface area contributed by atoms with Gasteiger partial charge in [0.05, 0.1) is 0 Å². The Kier molecular flexibility index (Phi) is 1.98. The van der Waals surface area contributed by atoms with E-state index < -0.39 is 0 Å². The molecule has 1 atom stereocenters. The molecule has 2 saturated heterocycles. The van der Waals surface area contributed by atoms with Crippen molar-refractivity contribution in [2.75, 3.05) is 13.6 Å². The van der Waals surface area contributed by atoms with Gasteiger partial charge in [-0.05, 0) is 19.3 Å². The largest absolute Gasteiger partial charge is 0.326 e. The summed E-state index contributed by atoms with van der Waals surface area (Å²) in [7, 11) is 1.56. The molecule has 0 N–H and O–H groups in total. The molecular weight excluding hydrogens is 168 g/mol. The lowest BCUT2D eigenvalue weighted by molar-refractivity contribution is -0.131. The lowest BCUT2D eigenvalue weighted by Gasteiger charge is -2.41. The Labute approximate surface area is 77.5 Å². The van der Waals surface area contributed by atoms with Crippen LogP contribution in [0.25, 0.3) is 0 Å². The highest BCUT2D eigenvalue weighted by molar-refractivity contribution is 5.97. The van der Waals surface area contributed by atoms with Crippen molar-refractivity contribution in [1.29, 1.82) is 0 Å². The summed E-state index contributed by atoms with van der Waals surface area (Å²) in [6.07, 6.45) is 3.73. The number of imide groups is 1. The first-order valence-electron chi connectivity index (χ1n) is 4.77. The van der Waals surface area contributed by atoms with Gasteiger partial charge < -0.3 is 4.90 Å². The zero-order valence-electron chi connectivity index (χ0n) is 7.82. The standard InChI is InChI=1S/C9H14N2O2/c1-10-8(12)6-7-4-2-3-5-11(7)9(10)13/h7H,2-6H2,1H3/t7-/m0/s1. The maximum atomic E-state index is 11.6. The van der Waals surface area contributed by atoms with E-state index in [2.05, 4.69) is 0 Å². The van der Waals surface area contributed by atoms with Gasteiger partial charge in [0.25, 0.3) is 0 Å². The lowest BCUT2D eigenvalue weighted by Crippen LogP contribution is -2.56. The van der Waals surface area contributed by atoms with Crippen molar-refractivity contribution >= 4 is 11.9 Å². The number of amides is 3. The maximum absolute atomic E-state index is 11.6. The molecular formula is C9H14N2O2. The average Bonchev–Trinajstić information content (AvgIpc) is 2.15. The van der Waals surface area contributed by atoms with Crippen LogP contribution in [0.1, 0.15) is 25.7 Å². The number of carbonyl (C=O) groups is 2. The minimum Gasteiger partial charge on any atom is -0.321 e.